The van der Waals surface area contributed by atoms with Crippen molar-refractivity contribution >= 4 is 43.8 Å². The Kier molecular flexibility index (Phi) is 5.37. The largest absolute Gasteiger partial charge is 0.478 e. The third kappa shape index (κ3) is 3.23. The molecule has 2 aromatic rings. The molecule has 0 amide bonds. The summed E-state index contributed by atoms with van der Waals surface area (Å²) in [6.07, 6.45) is 0. The van der Waals surface area contributed by atoms with Gasteiger partial charge in [0.15, 0.2) is 0 Å². The van der Waals surface area contributed by atoms with Crippen LogP contribution in [-0.2, 0) is 4.74 Å². The molecule has 2 aromatic carbocycles. The number of benzene rings is 2. The normalized spacial score (nSPS) is 10.5. The summed E-state index contributed by atoms with van der Waals surface area (Å²) < 4.78 is 4.40. The summed E-state index contributed by atoms with van der Waals surface area (Å²) in [4.78, 5) is 23.9. The van der Waals surface area contributed by atoms with Gasteiger partial charge in [-0.05, 0) is 16.7 Å². The molecule has 0 bridgehead atoms. The summed E-state index contributed by atoms with van der Waals surface area (Å²) in [5.74, 6) is -1.86. The molecule has 114 valence electrons. The van der Waals surface area contributed by atoms with Crippen molar-refractivity contribution < 1.29 is 19.4 Å². The number of carboxylic acid groups (broad SMARTS) is 1. The second-order valence-corrected chi connectivity index (χ2v) is 7.48. The van der Waals surface area contributed by atoms with Crippen molar-refractivity contribution in [2.24, 2.45) is 0 Å². The molecule has 0 atom stereocenters. The minimum atomic E-state index is -1.18. The highest BCUT2D eigenvalue weighted by molar-refractivity contribution is 9.24. The quantitative estimate of drug-likeness (QED) is 0.570. The lowest BCUT2D eigenvalue weighted by Gasteiger charge is -2.16. The first kappa shape index (κ1) is 16.7. The second-order valence-electron chi connectivity index (χ2n) is 4.42. The van der Waals surface area contributed by atoms with E-state index in [0.29, 0.717) is 11.1 Å². The minimum absolute atomic E-state index is 0.0441. The number of rotatable bonds is 4. The number of carbonyl (C=O) groups is 2. The summed E-state index contributed by atoms with van der Waals surface area (Å²) in [7, 11) is 1.23. The van der Waals surface area contributed by atoms with Crippen LogP contribution >= 0.6 is 31.9 Å². The predicted molar refractivity (Wildman–Crippen MR) is 90.8 cm³/mol. The Morgan fingerprint density at radius 3 is 2.18 bits per heavy atom. The molecule has 0 unspecified atom stereocenters. The highest BCUT2D eigenvalue weighted by atomic mass is 79.9. The minimum Gasteiger partial charge on any atom is -0.478 e. The maximum absolute atomic E-state index is 12.2. The number of alkyl halides is 2. The first-order valence-corrected chi connectivity index (χ1v) is 8.12. The number of hydrogen-bond donors (Lipinski definition) is 1. The first-order chi connectivity index (χ1) is 10.5. The predicted octanol–water partition coefficient (Wildman–Crippen LogP) is 4.63. The molecule has 0 fully saturated rings. The van der Waals surface area contributed by atoms with Crippen LogP contribution in [-0.4, -0.2) is 24.2 Å². The number of hydrogen-bond acceptors (Lipinski definition) is 3. The molecular formula is C16H12Br2O4. The SMILES string of the molecule is COC(=O)c1c(-c2ccccc2)ccc(C(Br)Br)c1C(=O)O. The van der Waals surface area contributed by atoms with Crippen LogP contribution in [0.15, 0.2) is 42.5 Å². The Hall–Kier alpha value is -1.66. The molecule has 0 spiro atoms. The summed E-state index contributed by atoms with van der Waals surface area (Å²) >= 11 is 6.58. The van der Waals surface area contributed by atoms with Crippen LogP contribution in [0.4, 0.5) is 0 Å². The van der Waals surface area contributed by atoms with Crippen molar-refractivity contribution in [2.45, 2.75) is 3.74 Å². The number of halogens is 2. The molecule has 0 aliphatic rings. The van der Waals surface area contributed by atoms with Crippen molar-refractivity contribution in [3.05, 3.63) is 59.2 Å². The van der Waals surface area contributed by atoms with Crippen molar-refractivity contribution in [1.82, 2.24) is 0 Å². The van der Waals surface area contributed by atoms with E-state index in [1.807, 2.05) is 30.3 Å². The molecule has 0 aliphatic carbocycles. The van der Waals surface area contributed by atoms with E-state index in [1.165, 1.54) is 7.11 Å². The zero-order chi connectivity index (χ0) is 16.3. The van der Waals surface area contributed by atoms with Crippen molar-refractivity contribution in [1.29, 1.82) is 0 Å². The number of aromatic carboxylic acids is 1. The maximum atomic E-state index is 12.2. The van der Waals surface area contributed by atoms with Crippen LogP contribution in [0, 0.1) is 0 Å². The Morgan fingerprint density at radius 1 is 1.05 bits per heavy atom. The van der Waals surface area contributed by atoms with Crippen LogP contribution in [0.3, 0.4) is 0 Å². The Morgan fingerprint density at radius 2 is 1.68 bits per heavy atom. The number of carbonyl (C=O) groups excluding carboxylic acids is 1. The third-order valence-corrected chi connectivity index (χ3v) is 4.15. The Labute approximate surface area is 144 Å². The molecule has 4 nitrogen and oxygen atoms in total. The van der Waals surface area contributed by atoms with Crippen molar-refractivity contribution in [3.63, 3.8) is 0 Å². The summed E-state index contributed by atoms with van der Waals surface area (Å²) in [6, 6.07) is 12.5. The van der Waals surface area contributed by atoms with E-state index >= 15 is 0 Å². The van der Waals surface area contributed by atoms with Gasteiger partial charge in [0.2, 0.25) is 0 Å². The summed E-state index contributed by atoms with van der Waals surface area (Å²) in [5.41, 5.74) is 1.69. The fourth-order valence-corrected chi connectivity index (χ4v) is 2.97. The monoisotopic (exact) mass is 426 g/mol. The lowest BCUT2D eigenvalue weighted by Crippen LogP contribution is -2.14. The van der Waals surface area contributed by atoms with E-state index in [9.17, 15) is 14.7 Å². The van der Waals surface area contributed by atoms with Crippen LogP contribution in [0.25, 0.3) is 11.1 Å². The van der Waals surface area contributed by atoms with Gasteiger partial charge >= 0.3 is 11.9 Å². The molecule has 0 saturated heterocycles. The highest BCUT2D eigenvalue weighted by Gasteiger charge is 2.27. The van der Waals surface area contributed by atoms with Gasteiger partial charge in [-0.25, -0.2) is 9.59 Å². The summed E-state index contributed by atoms with van der Waals surface area (Å²) in [6.45, 7) is 0. The van der Waals surface area contributed by atoms with Gasteiger partial charge in [-0.1, -0.05) is 74.3 Å². The van der Waals surface area contributed by atoms with Crippen LogP contribution < -0.4 is 0 Å². The zero-order valence-electron chi connectivity index (χ0n) is 11.5. The van der Waals surface area contributed by atoms with E-state index in [2.05, 4.69) is 31.9 Å². The number of esters is 1. The smallest absolute Gasteiger partial charge is 0.339 e. The van der Waals surface area contributed by atoms with Gasteiger partial charge in [-0.3, -0.25) is 0 Å². The lowest BCUT2D eigenvalue weighted by atomic mass is 9.92. The zero-order valence-corrected chi connectivity index (χ0v) is 14.7. The number of methoxy groups -OCH3 is 1. The molecule has 0 heterocycles. The van der Waals surface area contributed by atoms with Gasteiger partial charge < -0.3 is 9.84 Å². The van der Waals surface area contributed by atoms with Crippen LogP contribution in [0.1, 0.15) is 30.0 Å². The van der Waals surface area contributed by atoms with Crippen molar-refractivity contribution in [2.75, 3.05) is 7.11 Å². The molecular weight excluding hydrogens is 416 g/mol. The van der Waals surface area contributed by atoms with E-state index < -0.39 is 11.9 Å². The Balaban J connectivity index is 2.83. The Bertz CT molecular complexity index is 712. The molecule has 2 rings (SSSR count). The van der Waals surface area contributed by atoms with E-state index in [0.717, 1.165) is 5.56 Å². The van der Waals surface area contributed by atoms with Gasteiger partial charge in [0.25, 0.3) is 0 Å². The van der Waals surface area contributed by atoms with E-state index in [-0.39, 0.29) is 14.9 Å². The molecule has 0 radical (unpaired) electrons. The molecule has 0 aromatic heterocycles. The summed E-state index contributed by atoms with van der Waals surface area (Å²) in [5, 5.41) is 9.56. The third-order valence-electron chi connectivity index (χ3n) is 3.16. The number of carboxylic acids is 1. The molecule has 1 N–H and O–H groups in total. The average molecular weight is 428 g/mol. The standard InChI is InChI=1S/C16H12Br2O4/c1-22-16(21)13-10(9-5-3-2-4-6-9)7-8-11(14(17)18)12(13)15(19)20/h2-8,14H,1H3,(H,19,20). The highest BCUT2D eigenvalue weighted by Crippen LogP contribution is 2.37. The van der Waals surface area contributed by atoms with Gasteiger partial charge in [-0.2, -0.15) is 0 Å². The van der Waals surface area contributed by atoms with Gasteiger partial charge in [0, 0.05) is 0 Å². The van der Waals surface area contributed by atoms with E-state index in [1.54, 1.807) is 12.1 Å². The van der Waals surface area contributed by atoms with Gasteiger partial charge in [-0.15, -0.1) is 0 Å². The van der Waals surface area contributed by atoms with Crippen LogP contribution in [0.5, 0.6) is 0 Å². The first-order valence-electron chi connectivity index (χ1n) is 6.29. The van der Waals surface area contributed by atoms with E-state index in [4.69, 9.17) is 4.74 Å². The average Bonchev–Trinajstić information content (AvgIpc) is 2.53. The van der Waals surface area contributed by atoms with Crippen molar-refractivity contribution in [3.8, 4) is 11.1 Å². The molecule has 0 aliphatic heterocycles. The molecule has 0 saturated carbocycles. The second kappa shape index (κ2) is 7.07. The van der Waals surface area contributed by atoms with Crippen LogP contribution in [0.2, 0.25) is 0 Å². The fraction of sp³-hybridized carbons (Fsp3) is 0.125. The topological polar surface area (TPSA) is 63.6 Å². The number of ether oxygens (including phenoxy) is 1. The molecule has 6 heteroatoms. The maximum Gasteiger partial charge on any atom is 0.339 e. The molecule has 22 heavy (non-hydrogen) atoms. The fourth-order valence-electron chi connectivity index (χ4n) is 2.20. The lowest BCUT2D eigenvalue weighted by molar-refractivity contribution is 0.0583. The van der Waals surface area contributed by atoms with Gasteiger partial charge in [0.1, 0.15) is 0 Å². The van der Waals surface area contributed by atoms with Gasteiger partial charge in [0.05, 0.1) is 22.0 Å².